The maximum absolute atomic E-state index is 15.0. The molecule has 2 amide bonds. The molecule has 0 bridgehead atoms. The first-order chi connectivity index (χ1) is 37.5. The minimum Gasteiger partial charge on any atom is -0.504 e. The number of hydrogen-bond donors (Lipinski definition) is 4. The van der Waals surface area contributed by atoms with Crippen LogP contribution in [0.15, 0.2) is 192 Å². The summed E-state index contributed by atoms with van der Waals surface area (Å²) in [5, 5.41) is 32.9. The third kappa shape index (κ3) is 10.7. The molecule has 1 fully saturated rings. The highest BCUT2D eigenvalue weighted by Gasteiger charge is 2.55. The van der Waals surface area contributed by atoms with Crippen LogP contribution in [0, 0.1) is 0 Å². The summed E-state index contributed by atoms with van der Waals surface area (Å²) < 4.78 is 13.8. The number of carbonyl (C=O) groups excluding carboxylic acids is 4. The van der Waals surface area contributed by atoms with Gasteiger partial charge in [0.2, 0.25) is 5.60 Å². The number of anilines is 1. The molecule has 2 atom stereocenters. The standard InChI is InChI=1S/C60H55N7O9S2/c1-58(2,3)75-56(73)59(4,5)76-65-48(44-35-78-57(62-44)64-60(40-25-15-8-16-26-40,41-27-17-9-18-28-41)42-29-19-10-20-30-42)52(70)63-49-53(71)67-50(55(72)74-51(37-21-11-6-12-22-37)38-23-13-7-14-24-38)39(34-77-54(49)67)33-66-36-61-43-31-46(68)47(69)32-45(43)66/h6-32,35-36,49,51,54,68-69H,33-34H2,1-5H3,(H,62,64)(H,63,70)/b65-48-. The number of aromatic hydroxyl groups is 2. The van der Waals surface area contributed by atoms with Crippen LogP contribution in [0.3, 0.4) is 0 Å². The minimum atomic E-state index is -1.69. The molecule has 2 aromatic heterocycles. The molecule has 2 aliphatic rings. The average molecular weight is 1080 g/mol. The smallest absolute Gasteiger partial charge is 0.356 e. The zero-order chi connectivity index (χ0) is 54.8. The fraction of sp³-hybridized carbons (Fsp3) is 0.217. The van der Waals surface area contributed by atoms with Crippen molar-refractivity contribution in [3.05, 3.63) is 220 Å². The summed E-state index contributed by atoms with van der Waals surface area (Å²) in [4.78, 5) is 74.8. The second kappa shape index (κ2) is 21.7. The Morgan fingerprint density at radius 1 is 0.769 bits per heavy atom. The fourth-order valence-electron chi connectivity index (χ4n) is 9.35. The van der Waals surface area contributed by atoms with E-state index in [0.29, 0.717) is 32.9 Å². The van der Waals surface area contributed by atoms with E-state index in [0.717, 1.165) is 16.7 Å². The number of nitrogens with one attached hydrogen (secondary N) is 2. The maximum atomic E-state index is 15.0. The molecule has 2 aliphatic heterocycles. The molecule has 6 aromatic carbocycles. The summed E-state index contributed by atoms with van der Waals surface area (Å²) in [7, 11) is 0. The van der Waals surface area contributed by atoms with Gasteiger partial charge in [0.25, 0.3) is 11.8 Å². The molecule has 396 valence electrons. The quantitative estimate of drug-likeness (QED) is 0.0168. The highest BCUT2D eigenvalue weighted by atomic mass is 32.2. The van der Waals surface area contributed by atoms with Crippen molar-refractivity contribution in [2.45, 2.75) is 75.4 Å². The second-order valence-electron chi connectivity index (χ2n) is 20.2. The van der Waals surface area contributed by atoms with E-state index < -0.39 is 58.0 Å². The monoisotopic (exact) mass is 1080 g/mol. The number of thioether (sulfide) groups is 1. The van der Waals surface area contributed by atoms with Crippen molar-refractivity contribution >= 4 is 68.7 Å². The number of amides is 2. The highest BCUT2D eigenvalue weighted by Crippen LogP contribution is 2.44. The normalized spacial score (nSPS) is 15.8. The van der Waals surface area contributed by atoms with Crippen LogP contribution in [0.2, 0.25) is 0 Å². The number of benzene rings is 6. The van der Waals surface area contributed by atoms with Crippen molar-refractivity contribution in [3.8, 4) is 11.5 Å². The Kier molecular flexibility index (Phi) is 14.7. The SMILES string of the molecule is CC(C)(C)OC(=O)C(C)(C)O/N=C(\C(=O)NC1C(=O)N2C(C(=O)OC(c3ccccc3)c3ccccc3)=C(Cn3cnc4cc(O)c(O)cc43)CSC12)c1csc(NC(c2ccccc2)(c2ccccc2)c2ccccc2)n1. The third-order valence-corrected chi connectivity index (χ3v) is 15.3. The number of ether oxygens (including phenoxy) is 2. The number of β-lactam (4-membered cyclic amide) rings is 1. The number of esters is 2. The third-order valence-electron chi connectivity index (χ3n) is 13.2. The lowest BCUT2D eigenvalue weighted by Gasteiger charge is -2.49. The molecule has 0 spiro atoms. The predicted molar refractivity (Wildman–Crippen MR) is 298 cm³/mol. The lowest BCUT2D eigenvalue weighted by molar-refractivity contribution is -0.179. The van der Waals surface area contributed by atoms with E-state index in [-0.39, 0.29) is 40.9 Å². The summed E-state index contributed by atoms with van der Waals surface area (Å²) in [6, 6.07) is 49.9. The second-order valence-corrected chi connectivity index (χ2v) is 22.1. The Hall–Kier alpha value is -8.74. The molecule has 2 unspecified atom stereocenters. The number of carbonyl (C=O) groups is 4. The van der Waals surface area contributed by atoms with Crippen LogP contribution in [0.25, 0.3) is 11.0 Å². The largest absolute Gasteiger partial charge is 0.504 e. The lowest BCUT2D eigenvalue weighted by Crippen LogP contribution is -2.71. The van der Waals surface area contributed by atoms with Gasteiger partial charge in [-0.05, 0) is 68.0 Å². The van der Waals surface area contributed by atoms with E-state index in [2.05, 4.69) is 20.8 Å². The van der Waals surface area contributed by atoms with Crippen LogP contribution in [-0.2, 0) is 45.6 Å². The Morgan fingerprint density at radius 3 is 1.86 bits per heavy atom. The molecule has 78 heavy (non-hydrogen) atoms. The summed E-state index contributed by atoms with van der Waals surface area (Å²) >= 11 is 2.54. The molecule has 16 nitrogen and oxygen atoms in total. The van der Waals surface area contributed by atoms with Crippen molar-refractivity contribution in [2.75, 3.05) is 11.1 Å². The van der Waals surface area contributed by atoms with E-state index in [4.69, 9.17) is 19.3 Å². The molecule has 10 rings (SSSR count). The fourth-order valence-corrected chi connectivity index (χ4v) is 11.4. The first kappa shape index (κ1) is 52.7. The van der Waals surface area contributed by atoms with Gasteiger partial charge in [-0.25, -0.2) is 19.6 Å². The van der Waals surface area contributed by atoms with E-state index in [9.17, 15) is 29.4 Å². The molecule has 0 radical (unpaired) electrons. The van der Waals surface area contributed by atoms with Gasteiger partial charge in [-0.15, -0.1) is 23.1 Å². The van der Waals surface area contributed by atoms with Crippen LogP contribution in [0.5, 0.6) is 11.5 Å². The summed E-state index contributed by atoms with van der Waals surface area (Å²) in [6.45, 7) is 8.16. The van der Waals surface area contributed by atoms with E-state index in [1.807, 2.05) is 152 Å². The minimum absolute atomic E-state index is 0.0127. The van der Waals surface area contributed by atoms with Gasteiger partial charge >= 0.3 is 11.9 Å². The molecule has 0 saturated carbocycles. The van der Waals surface area contributed by atoms with Gasteiger partial charge < -0.3 is 39.7 Å². The zero-order valence-electron chi connectivity index (χ0n) is 43.2. The van der Waals surface area contributed by atoms with Crippen molar-refractivity contribution in [3.63, 3.8) is 0 Å². The van der Waals surface area contributed by atoms with Crippen LogP contribution in [0.1, 0.15) is 74.2 Å². The number of imidazole rings is 1. The highest BCUT2D eigenvalue weighted by molar-refractivity contribution is 8.00. The number of hydrogen-bond acceptors (Lipinski definition) is 15. The maximum Gasteiger partial charge on any atom is 0.356 e. The van der Waals surface area contributed by atoms with E-state index in [1.54, 1.807) is 30.7 Å². The van der Waals surface area contributed by atoms with Crippen molar-refractivity contribution in [2.24, 2.45) is 5.16 Å². The van der Waals surface area contributed by atoms with Crippen LogP contribution in [0.4, 0.5) is 5.13 Å². The zero-order valence-corrected chi connectivity index (χ0v) is 44.8. The number of thiazole rings is 1. The molecular formula is C60H55N7O9S2. The summed E-state index contributed by atoms with van der Waals surface area (Å²) in [6.07, 6.45) is 0.660. The van der Waals surface area contributed by atoms with Gasteiger partial charge in [0, 0.05) is 29.8 Å². The first-order valence-corrected chi connectivity index (χ1v) is 27.0. The summed E-state index contributed by atoms with van der Waals surface area (Å²) in [5.74, 6) is -3.45. The van der Waals surface area contributed by atoms with Gasteiger partial charge in [0.15, 0.2) is 28.4 Å². The Balaban J connectivity index is 0.996. The van der Waals surface area contributed by atoms with Crippen LogP contribution < -0.4 is 10.6 Å². The van der Waals surface area contributed by atoms with Crippen LogP contribution in [-0.4, -0.2) is 87.5 Å². The molecule has 1 saturated heterocycles. The first-order valence-electron chi connectivity index (χ1n) is 25.1. The molecule has 4 heterocycles. The van der Waals surface area contributed by atoms with Gasteiger partial charge in [-0.2, -0.15) is 0 Å². The Morgan fingerprint density at radius 2 is 1.31 bits per heavy atom. The van der Waals surface area contributed by atoms with Gasteiger partial charge in [-0.3, -0.25) is 14.5 Å². The Bertz CT molecular complexity index is 3430. The topological polar surface area (TPSA) is 207 Å². The van der Waals surface area contributed by atoms with Crippen molar-refractivity contribution in [1.82, 2.24) is 24.8 Å². The number of aromatic nitrogens is 3. The number of rotatable bonds is 17. The Labute approximate surface area is 458 Å². The number of phenolic OH excluding ortho intramolecular Hbond substituents is 2. The number of fused-ring (bicyclic) bond motifs is 2. The molecule has 4 N–H and O–H groups in total. The molecule has 0 aliphatic carbocycles. The van der Waals surface area contributed by atoms with Gasteiger partial charge in [-0.1, -0.05) is 157 Å². The van der Waals surface area contributed by atoms with Gasteiger partial charge in [0.1, 0.15) is 33.9 Å². The van der Waals surface area contributed by atoms with Gasteiger partial charge in [0.05, 0.1) is 17.4 Å². The number of oxime groups is 1. The van der Waals surface area contributed by atoms with E-state index in [1.165, 1.54) is 60.3 Å². The number of phenols is 2. The average Bonchev–Trinajstić information content (AvgIpc) is 4.13. The summed E-state index contributed by atoms with van der Waals surface area (Å²) in [5.41, 5.74) is 1.73. The van der Waals surface area contributed by atoms with Crippen molar-refractivity contribution in [1.29, 1.82) is 0 Å². The molecule has 8 aromatic rings. The lowest BCUT2D eigenvalue weighted by atomic mass is 9.77. The van der Waals surface area contributed by atoms with E-state index >= 15 is 0 Å². The number of nitrogens with zero attached hydrogens (tertiary/aromatic N) is 5. The molecular weight excluding hydrogens is 1030 g/mol. The van der Waals surface area contributed by atoms with Crippen LogP contribution >= 0.6 is 23.1 Å². The molecule has 18 heteroatoms. The van der Waals surface area contributed by atoms with Crippen molar-refractivity contribution < 1.29 is 43.7 Å². The predicted octanol–water partition coefficient (Wildman–Crippen LogP) is 9.84.